The Morgan fingerprint density at radius 2 is 1.62 bits per heavy atom. The van der Waals surface area contributed by atoms with E-state index in [2.05, 4.69) is 0 Å². The summed E-state index contributed by atoms with van der Waals surface area (Å²) in [6, 6.07) is 10.7. The first-order chi connectivity index (χ1) is 6.30. The second kappa shape index (κ2) is 5.62. The first-order valence-electron chi connectivity index (χ1n) is 3.71. The molecule has 0 radical (unpaired) electrons. The van der Waals surface area contributed by atoms with Crippen LogP contribution in [0.25, 0.3) is 0 Å². The number of hydrogen-bond acceptors (Lipinski definition) is 2. The van der Waals surface area contributed by atoms with Crippen molar-refractivity contribution in [2.45, 2.75) is 0 Å². The van der Waals surface area contributed by atoms with Gasteiger partial charge in [0.25, 0.3) is 0 Å². The van der Waals surface area contributed by atoms with Crippen molar-refractivity contribution in [1.82, 2.24) is 0 Å². The van der Waals surface area contributed by atoms with E-state index in [-0.39, 0.29) is 5.75 Å². The summed E-state index contributed by atoms with van der Waals surface area (Å²) in [5.74, 6) is 0.133. The maximum absolute atomic E-state index is 8.79. The maximum Gasteiger partial charge on any atom is 0.134 e. The van der Waals surface area contributed by atoms with Gasteiger partial charge in [0.15, 0.2) is 0 Å². The van der Waals surface area contributed by atoms with Gasteiger partial charge in [0.2, 0.25) is 0 Å². The van der Waals surface area contributed by atoms with Gasteiger partial charge in [0.1, 0.15) is 5.75 Å². The molecule has 1 aromatic carbocycles. The Bertz CT molecular complexity index is 294. The molecule has 0 bridgehead atoms. The van der Waals surface area contributed by atoms with Crippen LogP contribution in [0.15, 0.2) is 47.2 Å². The van der Waals surface area contributed by atoms with Crippen molar-refractivity contribution in [3.63, 3.8) is 0 Å². The van der Waals surface area contributed by atoms with Crippen LogP contribution in [0, 0.1) is 0 Å². The largest absolute Gasteiger partial charge is 0.506 e. The van der Waals surface area contributed by atoms with Crippen LogP contribution in [-0.4, -0.2) is 5.11 Å². The van der Waals surface area contributed by atoms with E-state index in [4.69, 9.17) is 16.7 Å². The molecule has 0 unspecified atom stereocenters. The summed E-state index contributed by atoms with van der Waals surface area (Å²) in [7, 11) is 0. The molecule has 0 aliphatic rings. The third-order valence-corrected chi connectivity index (χ3v) is 2.23. The predicted molar refractivity (Wildman–Crippen MR) is 57.4 cm³/mol. The molecule has 13 heavy (non-hydrogen) atoms. The summed E-state index contributed by atoms with van der Waals surface area (Å²) < 4.78 is 0. The van der Waals surface area contributed by atoms with E-state index >= 15 is 0 Å². The number of para-hydroxylation sites is 1. The lowest BCUT2D eigenvalue weighted by atomic mass is 10.3. The number of benzene rings is 1. The minimum atomic E-state index is 0.133. The van der Waals surface area contributed by atoms with Crippen molar-refractivity contribution in [3.05, 3.63) is 52.2 Å². The first kappa shape index (κ1) is 10.1. The van der Waals surface area contributed by atoms with Crippen molar-refractivity contribution in [2.24, 2.45) is 0 Å². The van der Waals surface area contributed by atoms with Gasteiger partial charge in [-0.1, -0.05) is 35.9 Å². The zero-order chi connectivity index (χ0) is 9.52. The molecule has 0 saturated carbocycles. The van der Waals surface area contributed by atoms with Crippen LogP contribution in [0.1, 0.15) is 0 Å². The molecule has 2 aromatic rings. The van der Waals surface area contributed by atoms with Crippen LogP contribution in [-0.2, 0) is 0 Å². The molecule has 0 saturated heterocycles. The van der Waals surface area contributed by atoms with Gasteiger partial charge in [-0.3, -0.25) is 0 Å². The van der Waals surface area contributed by atoms with E-state index in [0.717, 1.165) is 0 Å². The van der Waals surface area contributed by atoms with Gasteiger partial charge in [-0.25, -0.2) is 0 Å². The average molecular weight is 213 g/mol. The second-order valence-corrected chi connectivity index (χ2v) is 3.47. The third kappa shape index (κ3) is 3.97. The highest BCUT2D eigenvalue weighted by Crippen LogP contribution is 2.20. The fourth-order valence-electron chi connectivity index (χ4n) is 0.679. The van der Waals surface area contributed by atoms with Crippen molar-refractivity contribution in [3.8, 4) is 5.75 Å². The van der Waals surface area contributed by atoms with Crippen LogP contribution < -0.4 is 0 Å². The Morgan fingerprint density at radius 1 is 1.00 bits per heavy atom. The molecular formula is C10H9ClOS. The molecule has 0 aliphatic heterocycles. The van der Waals surface area contributed by atoms with Crippen molar-refractivity contribution in [1.29, 1.82) is 0 Å². The van der Waals surface area contributed by atoms with E-state index in [1.165, 1.54) is 0 Å². The SMILES string of the molecule is Oc1ccccc1Cl.c1ccsc1. The van der Waals surface area contributed by atoms with Gasteiger partial charge in [-0.15, -0.1) is 0 Å². The normalized spacial score (nSPS) is 8.69. The zero-order valence-corrected chi connectivity index (χ0v) is 8.42. The highest BCUT2D eigenvalue weighted by molar-refractivity contribution is 7.07. The number of rotatable bonds is 0. The smallest absolute Gasteiger partial charge is 0.134 e. The lowest BCUT2D eigenvalue weighted by Gasteiger charge is -1.89. The van der Waals surface area contributed by atoms with Gasteiger partial charge in [0.05, 0.1) is 5.02 Å². The molecule has 0 spiro atoms. The molecule has 2 rings (SSSR count). The number of halogens is 1. The number of phenols is 1. The van der Waals surface area contributed by atoms with Gasteiger partial charge in [0, 0.05) is 0 Å². The van der Waals surface area contributed by atoms with E-state index in [9.17, 15) is 0 Å². The highest BCUT2D eigenvalue weighted by Gasteiger charge is 1.89. The quantitative estimate of drug-likeness (QED) is 0.705. The van der Waals surface area contributed by atoms with E-state index < -0.39 is 0 Å². The lowest BCUT2D eigenvalue weighted by molar-refractivity contribution is 0.475. The van der Waals surface area contributed by atoms with Gasteiger partial charge in [-0.2, -0.15) is 11.3 Å². The molecule has 0 amide bonds. The molecule has 0 aliphatic carbocycles. The minimum absolute atomic E-state index is 0.133. The van der Waals surface area contributed by atoms with Crippen molar-refractivity contribution in [2.75, 3.05) is 0 Å². The van der Waals surface area contributed by atoms with Gasteiger partial charge in [-0.05, 0) is 22.9 Å². The first-order valence-corrected chi connectivity index (χ1v) is 5.03. The fourth-order valence-corrected chi connectivity index (χ4v) is 1.27. The Kier molecular flexibility index (Phi) is 4.36. The Balaban J connectivity index is 0.000000145. The van der Waals surface area contributed by atoms with Crippen molar-refractivity contribution < 1.29 is 5.11 Å². The Hall–Kier alpha value is -0.990. The molecule has 0 atom stereocenters. The van der Waals surface area contributed by atoms with E-state index in [1.807, 2.05) is 22.9 Å². The second-order valence-electron chi connectivity index (χ2n) is 2.24. The van der Waals surface area contributed by atoms with E-state index in [0.29, 0.717) is 5.02 Å². The van der Waals surface area contributed by atoms with Crippen LogP contribution >= 0.6 is 22.9 Å². The Labute approximate surface area is 86.2 Å². The molecule has 1 N–H and O–H groups in total. The molecule has 1 nitrogen and oxygen atoms in total. The van der Waals surface area contributed by atoms with Gasteiger partial charge < -0.3 is 5.11 Å². The maximum atomic E-state index is 8.79. The standard InChI is InChI=1S/C6H5ClO.C4H4S/c7-5-3-1-2-4-6(5)8;1-2-4-5-3-1/h1-4,8H;1-4H. The molecule has 1 aromatic heterocycles. The summed E-state index contributed by atoms with van der Waals surface area (Å²) in [5, 5.41) is 13.3. The monoisotopic (exact) mass is 212 g/mol. The van der Waals surface area contributed by atoms with Gasteiger partial charge >= 0.3 is 0 Å². The number of phenolic OH excluding ortho intramolecular Hbond substituents is 1. The Morgan fingerprint density at radius 3 is 1.92 bits per heavy atom. The summed E-state index contributed by atoms with van der Waals surface area (Å²) in [6.07, 6.45) is 0. The zero-order valence-electron chi connectivity index (χ0n) is 6.85. The number of aromatic hydroxyl groups is 1. The van der Waals surface area contributed by atoms with Crippen LogP contribution in [0.2, 0.25) is 5.02 Å². The highest BCUT2D eigenvalue weighted by atomic mass is 35.5. The molecule has 1 heterocycles. The molecule has 0 fully saturated rings. The third-order valence-electron chi connectivity index (χ3n) is 1.28. The summed E-state index contributed by atoms with van der Waals surface area (Å²) in [6.45, 7) is 0. The predicted octanol–water partition coefficient (Wildman–Crippen LogP) is 3.79. The van der Waals surface area contributed by atoms with E-state index in [1.54, 1.807) is 35.6 Å². The summed E-state index contributed by atoms with van der Waals surface area (Å²) in [5.41, 5.74) is 0. The minimum Gasteiger partial charge on any atom is -0.506 e. The van der Waals surface area contributed by atoms with Crippen LogP contribution in [0.3, 0.4) is 0 Å². The topological polar surface area (TPSA) is 20.2 Å². The lowest BCUT2D eigenvalue weighted by Crippen LogP contribution is -1.62. The molecular weight excluding hydrogens is 204 g/mol. The summed E-state index contributed by atoms with van der Waals surface area (Å²) >= 11 is 7.17. The number of hydrogen-bond donors (Lipinski definition) is 1. The number of thiophene rings is 1. The van der Waals surface area contributed by atoms with Crippen LogP contribution in [0.5, 0.6) is 5.75 Å². The van der Waals surface area contributed by atoms with Crippen molar-refractivity contribution >= 4 is 22.9 Å². The fraction of sp³-hybridized carbons (Fsp3) is 0. The van der Waals surface area contributed by atoms with Crippen LogP contribution in [0.4, 0.5) is 0 Å². The molecule has 68 valence electrons. The molecule has 3 heteroatoms. The summed E-state index contributed by atoms with van der Waals surface area (Å²) in [4.78, 5) is 0. The average Bonchev–Trinajstić information content (AvgIpc) is 2.68.